The van der Waals surface area contributed by atoms with Crippen molar-refractivity contribution in [2.75, 3.05) is 16.6 Å². The third-order valence-electron chi connectivity index (χ3n) is 3.58. The minimum Gasteiger partial charge on any atom is -0.452 e. The van der Waals surface area contributed by atoms with Gasteiger partial charge in [0.15, 0.2) is 6.61 Å². The van der Waals surface area contributed by atoms with Crippen molar-refractivity contribution in [3.05, 3.63) is 76.1 Å². The molecule has 1 aromatic heterocycles. The zero-order valence-corrected chi connectivity index (χ0v) is 18.0. The molecule has 0 aliphatic carbocycles. The van der Waals surface area contributed by atoms with Gasteiger partial charge in [0.25, 0.3) is 15.9 Å². The summed E-state index contributed by atoms with van der Waals surface area (Å²) >= 11 is 4.31. The Bertz CT molecular complexity index is 1110. The average molecular weight is 495 g/mol. The van der Waals surface area contributed by atoms with Crippen molar-refractivity contribution in [3.63, 3.8) is 0 Å². The Morgan fingerprint density at radius 3 is 2.24 bits per heavy atom. The van der Waals surface area contributed by atoms with Crippen molar-refractivity contribution < 1.29 is 22.7 Å². The van der Waals surface area contributed by atoms with Crippen LogP contribution in [0.25, 0.3) is 0 Å². The van der Waals surface area contributed by atoms with E-state index in [1.165, 1.54) is 30.3 Å². The second-order valence-corrected chi connectivity index (χ2v) is 10.1. The Hall–Kier alpha value is -2.69. The first-order chi connectivity index (χ1) is 13.8. The molecule has 1 heterocycles. The number of hydrogen-bond donors (Lipinski definition) is 2. The number of thiophene rings is 1. The van der Waals surface area contributed by atoms with Crippen LogP contribution < -0.4 is 10.0 Å². The number of carbonyl (C=O) groups excluding carboxylic acids is 2. The number of anilines is 2. The number of rotatable bonds is 7. The normalized spacial score (nSPS) is 10.9. The van der Waals surface area contributed by atoms with Gasteiger partial charge in [0.1, 0.15) is 4.21 Å². The van der Waals surface area contributed by atoms with E-state index >= 15 is 0 Å². The molecule has 10 heteroatoms. The van der Waals surface area contributed by atoms with Gasteiger partial charge in [0, 0.05) is 11.4 Å². The summed E-state index contributed by atoms with van der Waals surface area (Å²) in [5, 5.41) is 2.61. The SMILES string of the molecule is O=C(COC(=O)c1ccc(NS(=O)(=O)c2ccc(Br)s2)cc1)Nc1ccccc1. The smallest absolute Gasteiger partial charge is 0.338 e. The Kier molecular flexibility index (Phi) is 6.68. The minimum atomic E-state index is -3.71. The summed E-state index contributed by atoms with van der Waals surface area (Å²) < 4.78 is 32.9. The van der Waals surface area contributed by atoms with Gasteiger partial charge in [-0.25, -0.2) is 13.2 Å². The van der Waals surface area contributed by atoms with Crippen LogP contribution in [0.1, 0.15) is 10.4 Å². The van der Waals surface area contributed by atoms with E-state index in [0.717, 1.165) is 11.3 Å². The van der Waals surface area contributed by atoms with Crippen LogP contribution in [-0.4, -0.2) is 26.9 Å². The van der Waals surface area contributed by atoms with E-state index in [-0.39, 0.29) is 9.77 Å². The number of carbonyl (C=O) groups is 2. The van der Waals surface area contributed by atoms with Crippen LogP contribution in [0.5, 0.6) is 0 Å². The maximum atomic E-state index is 12.3. The minimum absolute atomic E-state index is 0.164. The quantitative estimate of drug-likeness (QED) is 0.481. The lowest BCUT2D eigenvalue weighted by molar-refractivity contribution is -0.119. The highest BCUT2D eigenvalue weighted by atomic mass is 79.9. The van der Waals surface area contributed by atoms with Gasteiger partial charge in [-0.05, 0) is 64.5 Å². The number of nitrogens with one attached hydrogen (secondary N) is 2. The van der Waals surface area contributed by atoms with Crippen molar-refractivity contribution in [2.24, 2.45) is 0 Å². The van der Waals surface area contributed by atoms with Gasteiger partial charge in [-0.2, -0.15) is 0 Å². The maximum Gasteiger partial charge on any atom is 0.338 e. The molecule has 0 aliphatic rings. The molecule has 0 spiro atoms. The molecule has 0 saturated heterocycles. The molecule has 0 unspecified atom stereocenters. The van der Waals surface area contributed by atoms with Crippen molar-refractivity contribution in [1.29, 1.82) is 0 Å². The van der Waals surface area contributed by atoms with E-state index in [2.05, 4.69) is 26.0 Å². The lowest BCUT2D eigenvalue weighted by atomic mass is 10.2. The molecule has 150 valence electrons. The molecule has 0 radical (unpaired) electrons. The van der Waals surface area contributed by atoms with Crippen LogP contribution >= 0.6 is 27.3 Å². The number of sulfonamides is 1. The molecule has 1 amide bonds. The third kappa shape index (κ3) is 5.89. The Morgan fingerprint density at radius 2 is 1.62 bits per heavy atom. The highest BCUT2D eigenvalue weighted by Gasteiger charge is 2.17. The Labute approximate surface area is 179 Å². The summed E-state index contributed by atoms with van der Waals surface area (Å²) in [6.07, 6.45) is 0. The second kappa shape index (κ2) is 9.21. The summed E-state index contributed by atoms with van der Waals surface area (Å²) in [6.45, 7) is -0.435. The number of amides is 1. The Morgan fingerprint density at radius 1 is 0.931 bits per heavy atom. The van der Waals surface area contributed by atoms with Gasteiger partial charge in [-0.15, -0.1) is 11.3 Å². The van der Waals surface area contributed by atoms with Crippen molar-refractivity contribution in [3.8, 4) is 0 Å². The summed E-state index contributed by atoms with van der Waals surface area (Å²) in [6, 6.07) is 17.7. The number of ether oxygens (including phenoxy) is 1. The maximum absolute atomic E-state index is 12.3. The number of para-hydroxylation sites is 1. The highest BCUT2D eigenvalue weighted by molar-refractivity contribution is 9.11. The largest absolute Gasteiger partial charge is 0.452 e. The fourth-order valence-corrected chi connectivity index (χ4v) is 5.32. The van der Waals surface area contributed by atoms with E-state index in [0.29, 0.717) is 15.2 Å². The summed E-state index contributed by atoms with van der Waals surface area (Å²) in [5.74, 6) is -1.15. The van der Waals surface area contributed by atoms with E-state index in [1.54, 1.807) is 30.3 Å². The van der Waals surface area contributed by atoms with Crippen LogP contribution in [0, 0.1) is 0 Å². The lowest BCUT2D eigenvalue weighted by Gasteiger charge is -2.08. The number of hydrogen-bond acceptors (Lipinski definition) is 6. The van der Waals surface area contributed by atoms with E-state index in [9.17, 15) is 18.0 Å². The fourth-order valence-electron chi connectivity index (χ4n) is 2.25. The number of benzene rings is 2. The molecule has 29 heavy (non-hydrogen) atoms. The second-order valence-electron chi connectivity index (χ2n) is 5.73. The zero-order valence-electron chi connectivity index (χ0n) is 14.8. The zero-order chi connectivity index (χ0) is 20.9. The molecule has 0 fully saturated rings. The summed E-state index contributed by atoms with van der Waals surface area (Å²) in [7, 11) is -3.71. The van der Waals surface area contributed by atoms with Crippen molar-refractivity contribution in [2.45, 2.75) is 4.21 Å². The van der Waals surface area contributed by atoms with Crippen molar-refractivity contribution in [1.82, 2.24) is 0 Å². The van der Waals surface area contributed by atoms with Gasteiger partial charge in [0.05, 0.1) is 9.35 Å². The molecule has 0 atom stereocenters. The topological polar surface area (TPSA) is 102 Å². The molecular formula is C19H15BrN2O5S2. The van der Waals surface area contributed by atoms with Gasteiger partial charge in [0.2, 0.25) is 0 Å². The standard InChI is InChI=1S/C19H15BrN2O5S2/c20-16-10-11-18(28-16)29(25,26)22-15-8-6-13(7-9-15)19(24)27-12-17(23)21-14-4-2-1-3-5-14/h1-11,22H,12H2,(H,21,23). The molecule has 0 saturated carbocycles. The van der Waals surface area contributed by atoms with Crippen LogP contribution in [0.3, 0.4) is 0 Å². The third-order valence-corrected chi connectivity index (χ3v) is 7.07. The fraction of sp³-hybridized carbons (Fsp3) is 0.0526. The monoisotopic (exact) mass is 494 g/mol. The first-order valence-corrected chi connectivity index (χ1v) is 11.3. The molecule has 2 aromatic carbocycles. The number of esters is 1. The van der Waals surface area contributed by atoms with Gasteiger partial charge in [-0.1, -0.05) is 18.2 Å². The van der Waals surface area contributed by atoms with Gasteiger partial charge >= 0.3 is 5.97 Å². The van der Waals surface area contributed by atoms with E-state index in [1.807, 2.05) is 6.07 Å². The lowest BCUT2D eigenvalue weighted by Crippen LogP contribution is -2.20. The van der Waals surface area contributed by atoms with Crippen LogP contribution in [0.2, 0.25) is 0 Å². The highest BCUT2D eigenvalue weighted by Crippen LogP contribution is 2.27. The van der Waals surface area contributed by atoms with Crippen LogP contribution in [-0.2, 0) is 19.6 Å². The molecule has 7 nitrogen and oxygen atoms in total. The average Bonchev–Trinajstić information content (AvgIpc) is 3.15. The molecule has 2 N–H and O–H groups in total. The first-order valence-electron chi connectivity index (χ1n) is 8.24. The summed E-state index contributed by atoms with van der Waals surface area (Å²) in [5.41, 5.74) is 1.09. The van der Waals surface area contributed by atoms with Gasteiger partial charge in [-0.3, -0.25) is 9.52 Å². The van der Waals surface area contributed by atoms with Crippen molar-refractivity contribution >= 4 is 60.5 Å². The molecular weight excluding hydrogens is 480 g/mol. The van der Waals surface area contributed by atoms with E-state index < -0.39 is 28.5 Å². The van der Waals surface area contributed by atoms with Crippen LogP contribution in [0.15, 0.2) is 74.7 Å². The molecule has 3 rings (SSSR count). The molecule has 0 bridgehead atoms. The molecule has 0 aliphatic heterocycles. The van der Waals surface area contributed by atoms with Crippen LogP contribution in [0.4, 0.5) is 11.4 Å². The van der Waals surface area contributed by atoms with E-state index in [4.69, 9.17) is 4.74 Å². The predicted molar refractivity (Wildman–Crippen MR) is 115 cm³/mol. The molecule has 3 aromatic rings. The number of halogens is 1. The first kappa shape index (κ1) is 21.0. The predicted octanol–water partition coefficient (Wildman–Crippen LogP) is 4.11. The van der Waals surface area contributed by atoms with Gasteiger partial charge < -0.3 is 10.1 Å². The summed E-state index contributed by atoms with van der Waals surface area (Å²) in [4.78, 5) is 23.9. The Balaban J connectivity index is 1.55.